The molecule has 4 nitrogen and oxygen atoms in total. The van der Waals surface area contributed by atoms with Gasteiger partial charge in [0.2, 0.25) is 0 Å². The number of ether oxygens (including phenoxy) is 1. The lowest BCUT2D eigenvalue weighted by Crippen LogP contribution is -2.20. The van der Waals surface area contributed by atoms with Gasteiger partial charge in [-0.2, -0.15) is 0 Å². The molecule has 1 rings (SSSR count). The second kappa shape index (κ2) is 4.67. The minimum absolute atomic E-state index is 0.647. The molecule has 0 aliphatic heterocycles. The minimum atomic E-state index is 0.647. The molecule has 0 radical (unpaired) electrons. The number of hydrogen-bond acceptors (Lipinski definition) is 4. The molecule has 0 aliphatic rings. The topological polar surface area (TPSA) is 37.4 Å². The lowest BCUT2D eigenvalue weighted by Gasteiger charge is -2.15. The van der Waals surface area contributed by atoms with Crippen molar-refractivity contribution in [1.82, 2.24) is 9.99 Å². The SMILES string of the molecule is CCOc1cccnc1NN(C)C. The summed E-state index contributed by atoms with van der Waals surface area (Å²) in [5, 5.41) is 1.82. The number of nitrogens with zero attached hydrogens (tertiary/aromatic N) is 2. The molecule has 0 saturated carbocycles. The molecule has 0 unspecified atom stereocenters. The first-order chi connectivity index (χ1) is 6.24. The predicted octanol–water partition coefficient (Wildman–Crippen LogP) is 1.37. The lowest BCUT2D eigenvalue weighted by atomic mass is 10.4. The van der Waals surface area contributed by atoms with Crippen LogP contribution in [0.3, 0.4) is 0 Å². The molecule has 13 heavy (non-hydrogen) atoms. The number of nitrogens with one attached hydrogen (secondary N) is 1. The molecule has 0 bridgehead atoms. The zero-order valence-corrected chi connectivity index (χ0v) is 8.24. The van der Waals surface area contributed by atoms with Crippen LogP contribution in [0.25, 0.3) is 0 Å². The standard InChI is InChI=1S/C9H15N3O/c1-4-13-8-6-5-7-10-9(8)11-12(2)3/h5-7H,4H2,1-3H3,(H,10,11). The van der Waals surface area contributed by atoms with Crippen LogP contribution in [0.5, 0.6) is 5.75 Å². The van der Waals surface area contributed by atoms with Crippen LogP contribution in [-0.2, 0) is 0 Å². The second-order valence-corrected chi connectivity index (χ2v) is 2.79. The highest BCUT2D eigenvalue weighted by molar-refractivity contribution is 5.48. The van der Waals surface area contributed by atoms with Gasteiger partial charge >= 0.3 is 0 Å². The third-order valence-electron chi connectivity index (χ3n) is 1.40. The van der Waals surface area contributed by atoms with E-state index in [9.17, 15) is 0 Å². The Bertz CT molecular complexity index is 263. The van der Waals surface area contributed by atoms with Crippen molar-refractivity contribution in [2.75, 3.05) is 26.1 Å². The van der Waals surface area contributed by atoms with E-state index >= 15 is 0 Å². The fourth-order valence-corrected chi connectivity index (χ4v) is 0.958. The molecule has 1 heterocycles. The Morgan fingerprint density at radius 1 is 1.54 bits per heavy atom. The molecular formula is C9H15N3O. The van der Waals surface area contributed by atoms with E-state index in [0.717, 1.165) is 11.6 Å². The minimum Gasteiger partial charge on any atom is -0.490 e. The fraction of sp³-hybridized carbons (Fsp3) is 0.444. The summed E-state index contributed by atoms with van der Waals surface area (Å²) in [5.41, 5.74) is 3.06. The molecular weight excluding hydrogens is 166 g/mol. The van der Waals surface area contributed by atoms with E-state index < -0.39 is 0 Å². The van der Waals surface area contributed by atoms with Gasteiger partial charge in [0.25, 0.3) is 0 Å². The van der Waals surface area contributed by atoms with Crippen LogP contribution in [0.4, 0.5) is 5.82 Å². The molecule has 0 fully saturated rings. The molecule has 1 aromatic heterocycles. The quantitative estimate of drug-likeness (QED) is 0.712. The van der Waals surface area contributed by atoms with Gasteiger partial charge in [-0.25, -0.2) is 9.99 Å². The Balaban J connectivity index is 2.78. The summed E-state index contributed by atoms with van der Waals surface area (Å²) in [5.74, 6) is 1.52. The maximum absolute atomic E-state index is 5.39. The number of aromatic nitrogens is 1. The van der Waals surface area contributed by atoms with Crippen molar-refractivity contribution in [3.63, 3.8) is 0 Å². The van der Waals surface area contributed by atoms with E-state index in [1.54, 1.807) is 6.20 Å². The highest BCUT2D eigenvalue weighted by Crippen LogP contribution is 2.20. The zero-order chi connectivity index (χ0) is 9.68. The molecule has 0 aliphatic carbocycles. The van der Waals surface area contributed by atoms with Gasteiger partial charge < -0.3 is 10.2 Å². The first-order valence-corrected chi connectivity index (χ1v) is 4.26. The molecule has 4 heteroatoms. The van der Waals surface area contributed by atoms with E-state index in [4.69, 9.17) is 4.74 Å². The summed E-state index contributed by atoms with van der Waals surface area (Å²) < 4.78 is 5.39. The Kier molecular flexibility index (Phi) is 3.52. The first kappa shape index (κ1) is 9.80. The van der Waals surface area contributed by atoms with E-state index in [1.165, 1.54) is 0 Å². The highest BCUT2D eigenvalue weighted by Gasteiger charge is 2.02. The summed E-state index contributed by atoms with van der Waals surface area (Å²) in [7, 11) is 3.81. The van der Waals surface area contributed by atoms with Gasteiger partial charge in [0.1, 0.15) is 0 Å². The molecule has 0 aromatic carbocycles. The summed E-state index contributed by atoms with van der Waals surface area (Å²) in [6.07, 6.45) is 1.73. The van der Waals surface area contributed by atoms with Crippen molar-refractivity contribution >= 4 is 5.82 Å². The zero-order valence-electron chi connectivity index (χ0n) is 8.24. The van der Waals surface area contributed by atoms with E-state index in [1.807, 2.05) is 38.2 Å². The number of pyridine rings is 1. The molecule has 1 aromatic rings. The summed E-state index contributed by atoms with van der Waals surface area (Å²) in [4.78, 5) is 4.16. The van der Waals surface area contributed by atoms with Gasteiger partial charge in [0.05, 0.1) is 6.61 Å². The maximum Gasteiger partial charge on any atom is 0.183 e. The lowest BCUT2D eigenvalue weighted by molar-refractivity contribution is 0.338. The van der Waals surface area contributed by atoms with Gasteiger partial charge in [0, 0.05) is 20.3 Å². The van der Waals surface area contributed by atoms with Crippen molar-refractivity contribution in [3.8, 4) is 5.75 Å². The van der Waals surface area contributed by atoms with Gasteiger partial charge in [-0.05, 0) is 19.1 Å². The van der Waals surface area contributed by atoms with Gasteiger partial charge in [0.15, 0.2) is 11.6 Å². The number of hydrogen-bond donors (Lipinski definition) is 1. The highest BCUT2D eigenvalue weighted by atomic mass is 16.5. The normalized spacial score (nSPS) is 10.2. The molecule has 0 saturated heterocycles. The van der Waals surface area contributed by atoms with E-state index in [0.29, 0.717) is 6.61 Å². The van der Waals surface area contributed by atoms with Crippen LogP contribution in [0, 0.1) is 0 Å². The van der Waals surface area contributed by atoms with Gasteiger partial charge in [-0.15, -0.1) is 0 Å². The van der Waals surface area contributed by atoms with Crippen LogP contribution in [0.15, 0.2) is 18.3 Å². The number of rotatable bonds is 4. The molecule has 0 amide bonds. The van der Waals surface area contributed by atoms with Crippen LogP contribution < -0.4 is 10.2 Å². The monoisotopic (exact) mass is 181 g/mol. The van der Waals surface area contributed by atoms with Crippen molar-refractivity contribution in [1.29, 1.82) is 0 Å². The van der Waals surface area contributed by atoms with Crippen LogP contribution in [0.2, 0.25) is 0 Å². The fourth-order valence-electron chi connectivity index (χ4n) is 0.958. The third-order valence-corrected chi connectivity index (χ3v) is 1.40. The van der Waals surface area contributed by atoms with Crippen molar-refractivity contribution in [3.05, 3.63) is 18.3 Å². The average molecular weight is 181 g/mol. The summed E-state index contributed by atoms with van der Waals surface area (Å²) in [6.45, 7) is 2.60. The van der Waals surface area contributed by atoms with Gasteiger partial charge in [-0.3, -0.25) is 0 Å². The average Bonchev–Trinajstić information content (AvgIpc) is 2.08. The number of hydrazine groups is 1. The second-order valence-electron chi connectivity index (χ2n) is 2.79. The van der Waals surface area contributed by atoms with Crippen molar-refractivity contribution < 1.29 is 4.74 Å². The van der Waals surface area contributed by atoms with E-state index in [-0.39, 0.29) is 0 Å². The first-order valence-electron chi connectivity index (χ1n) is 4.26. The summed E-state index contributed by atoms with van der Waals surface area (Å²) >= 11 is 0. The van der Waals surface area contributed by atoms with Crippen LogP contribution in [-0.4, -0.2) is 30.7 Å². The van der Waals surface area contributed by atoms with E-state index in [2.05, 4.69) is 10.4 Å². The Hall–Kier alpha value is -1.29. The number of anilines is 1. The van der Waals surface area contributed by atoms with Crippen LogP contribution >= 0.6 is 0 Å². The Morgan fingerprint density at radius 3 is 2.92 bits per heavy atom. The smallest absolute Gasteiger partial charge is 0.183 e. The molecule has 0 spiro atoms. The van der Waals surface area contributed by atoms with Crippen LogP contribution in [0.1, 0.15) is 6.92 Å². The Labute approximate surface area is 78.5 Å². The van der Waals surface area contributed by atoms with Gasteiger partial charge in [-0.1, -0.05) is 0 Å². The molecule has 0 atom stereocenters. The van der Waals surface area contributed by atoms with Crippen molar-refractivity contribution in [2.45, 2.75) is 6.92 Å². The largest absolute Gasteiger partial charge is 0.490 e. The van der Waals surface area contributed by atoms with Crippen molar-refractivity contribution in [2.24, 2.45) is 0 Å². The maximum atomic E-state index is 5.39. The third kappa shape index (κ3) is 2.91. The summed E-state index contributed by atoms with van der Waals surface area (Å²) in [6, 6.07) is 3.74. The molecule has 72 valence electrons. The Morgan fingerprint density at radius 2 is 2.31 bits per heavy atom. The predicted molar refractivity (Wildman–Crippen MR) is 52.7 cm³/mol. The molecule has 1 N–H and O–H groups in total.